The van der Waals surface area contributed by atoms with Gasteiger partial charge in [-0.05, 0) is 63.9 Å². The molecule has 6 heteroatoms. The lowest BCUT2D eigenvalue weighted by molar-refractivity contribution is 0.125. The number of halogens is 1. The first kappa shape index (κ1) is 21.0. The van der Waals surface area contributed by atoms with Crippen molar-refractivity contribution >= 4 is 17.6 Å². The van der Waals surface area contributed by atoms with E-state index in [4.69, 9.17) is 21.3 Å². The Bertz CT molecular complexity index is 566. The molecule has 0 amide bonds. The van der Waals surface area contributed by atoms with Crippen LogP contribution in [0.3, 0.4) is 0 Å². The molecular formula is C20H33ClN4O. The van der Waals surface area contributed by atoms with Gasteiger partial charge in [0.15, 0.2) is 5.96 Å². The highest BCUT2D eigenvalue weighted by molar-refractivity contribution is 6.30. The van der Waals surface area contributed by atoms with Crippen molar-refractivity contribution in [2.45, 2.75) is 32.7 Å². The predicted molar refractivity (Wildman–Crippen MR) is 110 cm³/mol. The minimum Gasteiger partial charge on any atom is -0.380 e. The number of piperidine rings is 1. The molecule has 0 spiro atoms. The maximum Gasteiger partial charge on any atom is 0.191 e. The van der Waals surface area contributed by atoms with Gasteiger partial charge in [0.25, 0.3) is 0 Å². The van der Waals surface area contributed by atoms with Crippen molar-refractivity contribution < 1.29 is 4.74 Å². The maximum atomic E-state index is 6.23. The zero-order valence-electron chi connectivity index (χ0n) is 16.3. The lowest BCUT2D eigenvalue weighted by atomic mass is 9.85. The third-order valence-electron chi connectivity index (χ3n) is 4.77. The van der Waals surface area contributed by atoms with Crippen LogP contribution in [-0.4, -0.2) is 57.3 Å². The van der Waals surface area contributed by atoms with Gasteiger partial charge in [0.2, 0.25) is 0 Å². The summed E-state index contributed by atoms with van der Waals surface area (Å²) in [4.78, 5) is 7.28. The normalized spacial score (nSPS) is 21.6. The van der Waals surface area contributed by atoms with Crippen LogP contribution in [-0.2, 0) is 4.74 Å². The van der Waals surface area contributed by atoms with Gasteiger partial charge in [0, 0.05) is 37.3 Å². The van der Waals surface area contributed by atoms with Crippen LogP contribution in [0.4, 0.5) is 0 Å². The molecule has 1 heterocycles. The summed E-state index contributed by atoms with van der Waals surface area (Å²) in [7, 11) is 2.20. The topological polar surface area (TPSA) is 48.9 Å². The number of nitrogens with zero attached hydrogens (tertiary/aromatic N) is 2. The van der Waals surface area contributed by atoms with Crippen molar-refractivity contribution in [2.24, 2.45) is 10.9 Å². The third-order valence-corrected chi connectivity index (χ3v) is 5.00. The lowest BCUT2D eigenvalue weighted by Gasteiger charge is -2.39. The molecule has 0 bridgehead atoms. The van der Waals surface area contributed by atoms with Gasteiger partial charge < -0.3 is 15.4 Å². The van der Waals surface area contributed by atoms with Gasteiger partial charge in [-0.15, -0.1) is 0 Å². The van der Waals surface area contributed by atoms with Crippen molar-refractivity contribution in [3.05, 3.63) is 34.9 Å². The summed E-state index contributed by atoms with van der Waals surface area (Å²) in [6, 6.07) is 8.61. The molecule has 1 aliphatic rings. The maximum absolute atomic E-state index is 6.23. The van der Waals surface area contributed by atoms with Crippen LogP contribution in [0.15, 0.2) is 29.3 Å². The van der Waals surface area contributed by atoms with E-state index in [1.165, 1.54) is 18.4 Å². The molecular weight excluding hydrogens is 348 g/mol. The molecule has 1 saturated heterocycles. The van der Waals surface area contributed by atoms with Gasteiger partial charge in [0.05, 0.1) is 6.61 Å². The number of benzene rings is 1. The number of nitrogens with one attached hydrogen (secondary N) is 2. The molecule has 0 radical (unpaired) electrons. The van der Waals surface area contributed by atoms with Crippen LogP contribution < -0.4 is 10.6 Å². The van der Waals surface area contributed by atoms with Crippen LogP contribution in [0.25, 0.3) is 0 Å². The zero-order chi connectivity index (χ0) is 18.8. The Hall–Kier alpha value is -1.30. The van der Waals surface area contributed by atoms with E-state index >= 15 is 0 Å². The van der Waals surface area contributed by atoms with Crippen LogP contribution in [0, 0.1) is 5.92 Å². The van der Waals surface area contributed by atoms with Crippen LogP contribution in [0.1, 0.15) is 38.3 Å². The summed E-state index contributed by atoms with van der Waals surface area (Å²) in [5, 5.41) is 7.47. The second-order valence-electron chi connectivity index (χ2n) is 6.73. The Labute approximate surface area is 163 Å². The summed E-state index contributed by atoms with van der Waals surface area (Å²) in [6.07, 6.45) is 2.39. The van der Waals surface area contributed by atoms with E-state index in [0.29, 0.717) is 18.6 Å². The van der Waals surface area contributed by atoms with Crippen molar-refractivity contribution in [2.75, 3.05) is 46.4 Å². The minimum atomic E-state index is 0.359. The number of aliphatic imine (C=N–C) groups is 1. The van der Waals surface area contributed by atoms with Crippen molar-refractivity contribution in [3.8, 4) is 0 Å². The quantitative estimate of drug-likeness (QED) is 0.412. The third kappa shape index (κ3) is 6.45. The Kier molecular flexibility index (Phi) is 9.23. The first-order valence-corrected chi connectivity index (χ1v) is 10.1. The fraction of sp³-hybridized carbons (Fsp3) is 0.650. The zero-order valence-corrected chi connectivity index (χ0v) is 17.1. The number of ether oxygens (including phenoxy) is 1. The van der Waals surface area contributed by atoms with Gasteiger partial charge in [-0.2, -0.15) is 0 Å². The van der Waals surface area contributed by atoms with Gasteiger partial charge in [-0.1, -0.05) is 23.7 Å². The summed E-state index contributed by atoms with van der Waals surface area (Å²) < 4.78 is 5.39. The molecule has 26 heavy (non-hydrogen) atoms. The molecule has 1 aromatic rings. The number of rotatable bonds is 8. The standard InChI is InChI=1S/C20H33ClN4O/c1-4-22-20(23-11-13-26-5-2)24-15-17-9-7-12-25(3)19(17)16-8-6-10-18(21)14-16/h6,8,10,14,17,19H,4-5,7,9,11-13,15H2,1-3H3,(H2,22,23,24). The molecule has 1 aliphatic heterocycles. The molecule has 0 aromatic heterocycles. The Balaban J connectivity index is 2.05. The van der Waals surface area contributed by atoms with E-state index in [0.717, 1.165) is 43.8 Å². The van der Waals surface area contributed by atoms with Gasteiger partial charge >= 0.3 is 0 Å². The predicted octanol–water partition coefficient (Wildman–Crippen LogP) is 3.31. The Morgan fingerprint density at radius 1 is 1.35 bits per heavy atom. The smallest absolute Gasteiger partial charge is 0.191 e. The first-order valence-electron chi connectivity index (χ1n) is 9.71. The second kappa shape index (κ2) is 11.4. The van der Waals surface area contributed by atoms with E-state index < -0.39 is 0 Å². The summed E-state index contributed by atoms with van der Waals surface area (Å²) in [5.74, 6) is 1.35. The van der Waals surface area contributed by atoms with Crippen LogP contribution >= 0.6 is 11.6 Å². The number of guanidine groups is 1. The Morgan fingerprint density at radius 2 is 2.19 bits per heavy atom. The molecule has 146 valence electrons. The van der Waals surface area contributed by atoms with Crippen molar-refractivity contribution in [3.63, 3.8) is 0 Å². The van der Waals surface area contributed by atoms with E-state index in [9.17, 15) is 0 Å². The fourth-order valence-electron chi connectivity index (χ4n) is 3.60. The second-order valence-corrected chi connectivity index (χ2v) is 7.16. The van der Waals surface area contributed by atoms with E-state index in [-0.39, 0.29) is 0 Å². The number of hydrogen-bond acceptors (Lipinski definition) is 3. The summed E-state index contributed by atoms with van der Waals surface area (Å²) >= 11 is 6.23. The lowest BCUT2D eigenvalue weighted by Crippen LogP contribution is -2.41. The van der Waals surface area contributed by atoms with E-state index in [1.807, 2.05) is 19.1 Å². The molecule has 2 rings (SSSR count). The molecule has 2 atom stereocenters. The van der Waals surface area contributed by atoms with Gasteiger partial charge in [-0.3, -0.25) is 9.89 Å². The fourth-order valence-corrected chi connectivity index (χ4v) is 3.80. The molecule has 0 saturated carbocycles. The van der Waals surface area contributed by atoms with Crippen molar-refractivity contribution in [1.29, 1.82) is 0 Å². The molecule has 2 unspecified atom stereocenters. The summed E-state index contributed by atoms with van der Waals surface area (Å²) in [5.41, 5.74) is 1.29. The highest BCUT2D eigenvalue weighted by Gasteiger charge is 2.30. The number of likely N-dealkylation sites (tertiary alicyclic amines) is 1. The molecule has 1 aromatic carbocycles. The number of hydrogen-bond donors (Lipinski definition) is 2. The molecule has 0 aliphatic carbocycles. The highest BCUT2D eigenvalue weighted by atomic mass is 35.5. The first-order chi connectivity index (χ1) is 12.7. The average molecular weight is 381 g/mol. The minimum absolute atomic E-state index is 0.359. The SMILES string of the molecule is CCNC(=NCC1CCCN(C)C1c1cccc(Cl)c1)NCCOCC. The van der Waals surface area contributed by atoms with Gasteiger partial charge in [0.1, 0.15) is 0 Å². The largest absolute Gasteiger partial charge is 0.380 e. The average Bonchev–Trinajstić information content (AvgIpc) is 2.63. The van der Waals surface area contributed by atoms with E-state index in [2.05, 4.69) is 41.6 Å². The highest BCUT2D eigenvalue weighted by Crippen LogP contribution is 2.36. The van der Waals surface area contributed by atoms with Crippen LogP contribution in [0.2, 0.25) is 5.02 Å². The molecule has 5 nitrogen and oxygen atoms in total. The Morgan fingerprint density at radius 3 is 2.92 bits per heavy atom. The van der Waals surface area contributed by atoms with Gasteiger partial charge in [-0.25, -0.2) is 0 Å². The molecule has 1 fully saturated rings. The van der Waals surface area contributed by atoms with Crippen LogP contribution in [0.5, 0.6) is 0 Å². The van der Waals surface area contributed by atoms with E-state index in [1.54, 1.807) is 0 Å². The van der Waals surface area contributed by atoms with Crippen molar-refractivity contribution in [1.82, 2.24) is 15.5 Å². The summed E-state index contributed by atoms with van der Waals surface area (Å²) in [6.45, 7) is 9.06. The molecule has 2 N–H and O–H groups in total. The monoisotopic (exact) mass is 380 g/mol.